The average molecular weight is 439 g/mol. The van der Waals surface area contributed by atoms with Crippen LogP contribution in [0.2, 0.25) is 0 Å². The lowest BCUT2D eigenvalue weighted by atomic mass is 10.1. The minimum atomic E-state index is -4.70. The van der Waals surface area contributed by atoms with Crippen LogP contribution < -0.4 is 5.32 Å². The lowest BCUT2D eigenvalue weighted by Crippen LogP contribution is -2.23. The van der Waals surface area contributed by atoms with Gasteiger partial charge in [-0.25, -0.2) is 18.7 Å². The van der Waals surface area contributed by atoms with Gasteiger partial charge in [-0.15, -0.1) is 0 Å². The average Bonchev–Trinajstić information content (AvgIpc) is 2.70. The molecule has 0 radical (unpaired) electrons. The van der Waals surface area contributed by atoms with Crippen LogP contribution in [0.5, 0.6) is 0 Å². The molecule has 2 aromatic carbocycles. The van der Waals surface area contributed by atoms with Crippen molar-refractivity contribution in [2.45, 2.75) is 23.5 Å². The SMILES string of the molecule is C[C@H](Sc1nc(-c2ccccc2)cc(C(F)(F)F)n1)C(=O)Nc1ccc(F)c(F)c1. The van der Waals surface area contributed by atoms with E-state index in [1.165, 1.54) is 13.0 Å². The molecule has 0 aliphatic rings. The zero-order valence-corrected chi connectivity index (χ0v) is 16.2. The fourth-order valence-corrected chi connectivity index (χ4v) is 3.19. The van der Waals surface area contributed by atoms with Crippen molar-refractivity contribution >= 4 is 23.4 Å². The topological polar surface area (TPSA) is 54.9 Å². The number of hydrogen-bond acceptors (Lipinski definition) is 4. The maximum Gasteiger partial charge on any atom is 0.433 e. The molecule has 0 saturated heterocycles. The van der Waals surface area contributed by atoms with E-state index in [2.05, 4.69) is 15.3 Å². The molecule has 0 aliphatic carbocycles. The molecule has 0 spiro atoms. The van der Waals surface area contributed by atoms with Crippen LogP contribution in [0.3, 0.4) is 0 Å². The highest BCUT2D eigenvalue weighted by Gasteiger charge is 2.34. The molecular weight excluding hydrogens is 425 g/mol. The Hall–Kier alpha value is -3.01. The maximum atomic E-state index is 13.3. The molecule has 1 atom stereocenters. The van der Waals surface area contributed by atoms with E-state index in [1.807, 2.05) is 0 Å². The van der Waals surface area contributed by atoms with E-state index in [0.29, 0.717) is 17.3 Å². The monoisotopic (exact) mass is 439 g/mol. The second-order valence-electron chi connectivity index (χ2n) is 6.16. The first-order valence-corrected chi connectivity index (χ1v) is 9.46. The lowest BCUT2D eigenvalue weighted by Gasteiger charge is -2.14. The molecule has 0 saturated carbocycles. The Kier molecular flexibility index (Phi) is 6.35. The highest BCUT2D eigenvalue weighted by Crippen LogP contribution is 2.33. The summed E-state index contributed by atoms with van der Waals surface area (Å²) in [5, 5.41) is 1.23. The van der Waals surface area contributed by atoms with Gasteiger partial charge in [-0.2, -0.15) is 13.2 Å². The number of rotatable bonds is 5. The first kappa shape index (κ1) is 21.7. The third kappa shape index (κ3) is 5.32. The van der Waals surface area contributed by atoms with Gasteiger partial charge in [0.05, 0.1) is 10.9 Å². The van der Waals surface area contributed by atoms with Crippen LogP contribution >= 0.6 is 11.8 Å². The van der Waals surface area contributed by atoms with Crippen LogP contribution in [0.1, 0.15) is 12.6 Å². The molecule has 4 nitrogen and oxygen atoms in total. The van der Waals surface area contributed by atoms with Crippen molar-refractivity contribution in [2.75, 3.05) is 5.32 Å². The summed E-state index contributed by atoms with van der Waals surface area (Å²) < 4.78 is 66.1. The summed E-state index contributed by atoms with van der Waals surface area (Å²) in [5.41, 5.74) is -0.590. The summed E-state index contributed by atoms with van der Waals surface area (Å²) in [4.78, 5) is 20.0. The van der Waals surface area contributed by atoms with Gasteiger partial charge >= 0.3 is 6.18 Å². The largest absolute Gasteiger partial charge is 0.433 e. The molecule has 1 heterocycles. The van der Waals surface area contributed by atoms with E-state index >= 15 is 0 Å². The van der Waals surface area contributed by atoms with Gasteiger partial charge in [0.15, 0.2) is 16.8 Å². The fourth-order valence-electron chi connectivity index (χ4n) is 2.41. The van der Waals surface area contributed by atoms with Gasteiger partial charge in [0.2, 0.25) is 5.91 Å². The van der Waals surface area contributed by atoms with Crippen LogP contribution in [0.25, 0.3) is 11.3 Å². The number of nitrogens with zero attached hydrogens (tertiary/aromatic N) is 2. The van der Waals surface area contributed by atoms with Crippen molar-refractivity contribution in [3.05, 3.63) is 71.9 Å². The number of alkyl halides is 3. The van der Waals surface area contributed by atoms with Gasteiger partial charge in [0, 0.05) is 17.3 Å². The molecule has 156 valence electrons. The highest BCUT2D eigenvalue weighted by molar-refractivity contribution is 8.00. The van der Waals surface area contributed by atoms with E-state index in [0.717, 1.165) is 18.2 Å². The van der Waals surface area contributed by atoms with Crippen molar-refractivity contribution in [3.8, 4) is 11.3 Å². The van der Waals surface area contributed by atoms with Crippen molar-refractivity contribution in [1.82, 2.24) is 9.97 Å². The molecule has 0 unspecified atom stereocenters. The molecule has 0 aliphatic heterocycles. The minimum absolute atomic E-state index is 0.0151. The predicted octanol–water partition coefficient (Wildman–Crippen LogP) is 5.56. The first-order valence-electron chi connectivity index (χ1n) is 8.58. The molecule has 30 heavy (non-hydrogen) atoms. The van der Waals surface area contributed by atoms with E-state index in [4.69, 9.17) is 0 Å². The summed E-state index contributed by atoms with van der Waals surface area (Å²) in [6.07, 6.45) is -4.70. The third-order valence-electron chi connectivity index (χ3n) is 3.90. The zero-order valence-electron chi connectivity index (χ0n) is 15.4. The van der Waals surface area contributed by atoms with Gasteiger partial charge in [-0.1, -0.05) is 42.1 Å². The minimum Gasteiger partial charge on any atom is -0.325 e. The van der Waals surface area contributed by atoms with E-state index in [1.54, 1.807) is 30.3 Å². The summed E-state index contributed by atoms with van der Waals surface area (Å²) >= 11 is 0.715. The predicted molar refractivity (Wildman–Crippen MR) is 103 cm³/mol. The number of carbonyl (C=O) groups is 1. The summed E-state index contributed by atoms with van der Waals surface area (Å²) in [6, 6.07) is 11.9. The van der Waals surface area contributed by atoms with Crippen molar-refractivity contribution < 1.29 is 26.7 Å². The number of amides is 1. The van der Waals surface area contributed by atoms with Gasteiger partial charge in [0.1, 0.15) is 5.69 Å². The number of benzene rings is 2. The second-order valence-corrected chi connectivity index (χ2v) is 7.47. The van der Waals surface area contributed by atoms with Crippen LogP contribution in [0, 0.1) is 11.6 Å². The Morgan fingerprint density at radius 3 is 2.33 bits per heavy atom. The second kappa shape index (κ2) is 8.78. The Labute approximate surface area is 172 Å². The number of carbonyl (C=O) groups excluding carboxylic acids is 1. The normalized spacial score (nSPS) is 12.5. The molecule has 0 fully saturated rings. The van der Waals surface area contributed by atoms with Crippen LogP contribution in [0.15, 0.2) is 59.8 Å². The number of nitrogens with one attached hydrogen (secondary N) is 1. The van der Waals surface area contributed by atoms with Crippen LogP contribution in [-0.2, 0) is 11.0 Å². The van der Waals surface area contributed by atoms with Crippen LogP contribution in [-0.4, -0.2) is 21.1 Å². The Bertz CT molecular complexity index is 1060. The smallest absolute Gasteiger partial charge is 0.325 e. The lowest BCUT2D eigenvalue weighted by molar-refractivity contribution is -0.141. The Morgan fingerprint density at radius 1 is 1.00 bits per heavy atom. The molecule has 1 N–H and O–H groups in total. The quantitative estimate of drug-likeness (QED) is 0.321. The first-order chi connectivity index (χ1) is 14.1. The van der Waals surface area contributed by atoms with E-state index in [-0.39, 0.29) is 16.5 Å². The van der Waals surface area contributed by atoms with Crippen LogP contribution in [0.4, 0.5) is 27.6 Å². The number of halogens is 5. The molecule has 3 rings (SSSR count). The molecule has 1 aromatic heterocycles. The Morgan fingerprint density at radius 2 is 1.70 bits per heavy atom. The van der Waals surface area contributed by atoms with E-state index < -0.39 is 34.7 Å². The number of hydrogen-bond donors (Lipinski definition) is 1. The molecular formula is C20H14F5N3OS. The maximum absolute atomic E-state index is 13.3. The molecule has 0 bridgehead atoms. The highest BCUT2D eigenvalue weighted by atomic mass is 32.2. The number of thioether (sulfide) groups is 1. The Balaban J connectivity index is 1.83. The van der Waals surface area contributed by atoms with E-state index in [9.17, 15) is 26.7 Å². The zero-order chi connectivity index (χ0) is 21.9. The summed E-state index contributed by atoms with van der Waals surface area (Å²) in [7, 11) is 0. The third-order valence-corrected chi connectivity index (χ3v) is 4.87. The summed E-state index contributed by atoms with van der Waals surface area (Å²) in [6.45, 7) is 1.44. The van der Waals surface area contributed by atoms with Gasteiger partial charge in [-0.05, 0) is 25.1 Å². The van der Waals surface area contributed by atoms with Gasteiger partial charge < -0.3 is 5.32 Å². The van der Waals surface area contributed by atoms with Crippen molar-refractivity contribution in [1.29, 1.82) is 0 Å². The van der Waals surface area contributed by atoms with Gasteiger partial charge in [-0.3, -0.25) is 4.79 Å². The summed E-state index contributed by atoms with van der Waals surface area (Å²) in [5.74, 6) is -2.84. The standard InChI is InChI=1S/C20H14F5N3OS/c1-11(18(29)26-13-7-8-14(21)15(22)9-13)30-19-27-16(12-5-3-2-4-6-12)10-17(28-19)20(23,24)25/h2-11H,1H3,(H,26,29)/t11-/m0/s1. The molecule has 1 amide bonds. The number of anilines is 1. The molecule has 3 aromatic rings. The van der Waals surface area contributed by atoms with Crippen molar-refractivity contribution in [3.63, 3.8) is 0 Å². The van der Waals surface area contributed by atoms with Crippen molar-refractivity contribution in [2.24, 2.45) is 0 Å². The van der Waals surface area contributed by atoms with Gasteiger partial charge in [0.25, 0.3) is 0 Å². The fraction of sp³-hybridized carbons (Fsp3) is 0.150. The number of aromatic nitrogens is 2. The molecule has 10 heteroatoms.